The van der Waals surface area contributed by atoms with Crippen molar-refractivity contribution in [2.75, 3.05) is 6.61 Å². The molecule has 5 heteroatoms. The number of unbranched alkanes of at least 4 members (excludes halogenated alkanes) is 1. The Labute approximate surface area is 113 Å². The van der Waals surface area contributed by atoms with Gasteiger partial charge in [0.2, 0.25) is 0 Å². The molecule has 0 fully saturated rings. The molecule has 0 spiro atoms. The van der Waals surface area contributed by atoms with E-state index in [0.29, 0.717) is 13.0 Å². The van der Waals surface area contributed by atoms with E-state index in [4.69, 9.17) is 9.94 Å². The lowest BCUT2D eigenvalue weighted by molar-refractivity contribution is -0.143. The van der Waals surface area contributed by atoms with Crippen LogP contribution in [0.15, 0.2) is 29.3 Å². The van der Waals surface area contributed by atoms with Gasteiger partial charge in [-0.15, -0.1) is 0 Å². The van der Waals surface area contributed by atoms with E-state index in [9.17, 15) is 4.79 Å². The fraction of sp³-hybridized carbons (Fsp3) is 0.429. The summed E-state index contributed by atoms with van der Waals surface area (Å²) in [5.41, 5.74) is 3.84. The molecule has 1 rings (SSSR count). The first-order valence-electron chi connectivity index (χ1n) is 6.43. The summed E-state index contributed by atoms with van der Waals surface area (Å²) < 4.78 is 4.87. The number of carbonyl (C=O) groups is 1. The molecular formula is C14H20N2O3. The molecular weight excluding hydrogens is 244 g/mol. The van der Waals surface area contributed by atoms with Crippen molar-refractivity contribution in [1.29, 1.82) is 0 Å². The van der Waals surface area contributed by atoms with Gasteiger partial charge < -0.3 is 4.74 Å². The van der Waals surface area contributed by atoms with Crippen molar-refractivity contribution in [3.63, 3.8) is 0 Å². The maximum Gasteiger partial charge on any atom is 0.305 e. The van der Waals surface area contributed by atoms with Crippen LogP contribution in [0.1, 0.15) is 31.7 Å². The van der Waals surface area contributed by atoms with Gasteiger partial charge in [-0.3, -0.25) is 15.5 Å². The molecule has 0 heterocycles. The molecule has 0 aliphatic heterocycles. The van der Waals surface area contributed by atoms with Gasteiger partial charge in [-0.05, 0) is 43.9 Å². The molecule has 0 unspecified atom stereocenters. The van der Waals surface area contributed by atoms with Gasteiger partial charge in [0.25, 0.3) is 0 Å². The minimum absolute atomic E-state index is 0.122. The lowest BCUT2D eigenvalue weighted by Crippen LogP contribution is -2.03. The Balaban J connectivity index is 2.26. The van der Waals surface area contributed by atoms with Crippen molar-refractivity contribution >= 4 is 18.0 Å². The highest BCUT2D eigenvalue weighted by Gasteiger charge is 2.01. The van der Waals surface area contributed by atoms with Crippen LogP contribution in [0, 0.1) is 0 Å². The van der Waals surface area contributed by atoms with Crippen molar-refractivity contribution < 1.29 is 14.7 Å². The SMILES string of the molecule is CCOC(=O)CCCCc1ccc(N=CNO)cc1. The van der Waals surface area contributed by atoms with Gasteiger partial charge >= 0.3 is 5.97 Å². The highest BCUT2D eigenvalue weighted by molar-refractivity contribution is 5.69. The molecule has 0 radical (unpaired) electrons. The van der Waals surface area contributed by atoms with Gasteiger partial charge in [-0.1, -0.05) is 12.1 Å². The molecule has 104 valence electrons. The summed E-state index contributed by atoms with van der Waals surface area (Å²) >= 11 is 0. The molecule has 1 aromatic rings. The van der Waals surface area contributed by atoms with Crippen molar-refractivity contribution in [1.82, 2.24) is 5.48 Å². The van der Waals surface area contributed by atoms with E-state index in [1.165, 1.54) is 11.9 Å². The van der Waals surface area contributed by atoms with Crippen LogP contribution in [0.5, 0.6) is 0 Å². The average Bonchev–Trinajstić information content (AvgIpc) is 2.43. The predicted octanol–water partition coefficient (Wildman–Crippen LogP) is 2.60. The van der Waals surface area contributed by atoms with Crippen LogP contribution >= 0.6 is 0 Å². The first-order valence-corrected chi connectivity index (χ1v) is 6.43. The van der Waals surface area contributed by atoms with Crippen LogP contribution < -0.4 is 5.48 Å². The van der Waals surface area contributed by atoms with Gasteiger partial charge in [0.1, 0.15) is 6.34 Å². The number of carbonyl (C=O) groups excluding carboxylic acids is 1. The maximum absolute atomic E-state index is 11.1. The standard InChI is InChI=1S/C14H20N2O3/c1-2-19-14(17)6-4-3-5-12-7-9-13(10-8-12)15-11-16-18/h7-11,18H,2-6H2,1H3,(H,15,16). The maximum atomic E-state index is 11.1. The Morgan fingerprint density at radius 1 is 1.37 bits per heavy atom. The smallest absolute Gasteiger partial charge is 0.305 e. The zero-order valence-electron chi connectivity index (χ0n) is 11.1. The third-order valence-corrected chi connectivity index (χ3v) is 2.61. The second kappa shape index (κ2) is 9.10. The molecule has 0 saturated carbocycles. The van der Waals surface area contributed by atoms with E-state index < -0.39 is 0 Å². The van der Waals surface area contributed by atoms with E-state index in [2.05, 4.69) is 4.99 Å². The average molecular weight is 264 g/mol. The summed E-state index contributed by atoms with van der Waals surface area (Å²) in [5, 5.41) is 8.37. The van der Waals surface area contributed by atoms with Gasteiger partial charge in [-0.25, -0.2) is 4.99 Å². The molecule has 0 saturated heterocycles. The quantitative estimate of drug-likeness (QED) is 0.249. The Kier molecular flexibility index (Phi) is 7.27. The van der Waals surface area contributed by atoms with Crippen molar-refractivity contribution in [2.24, 2.45) is 4.99 Å². The molecule has 1 aromatic carbocycles. The minimum Gasteiger partial charge on any atom is -0.466 e. The van der Waals surface area contributed by atoms with Crippen molar-refractivity contribution in [2.45, 2.75) is 32.6 Å². The number of esters is 1. The van der Waals surface area contributed by atoms with Gasteiger partial charge in [-0.2, -0.15) is 0 Å². The Hall–Kier alpha value is -1.88. The fourth-order valence-corrected chi connectivity index (χ4v) is 1.68. The van der Waals surface area contributed by atoms with Crippen molar-refractivity contribution in [3.8, 4) is 0 Å². The molecule has 5 nitrogen and oxygen atoms in total. The molecule has 0 aliphatic carbocycles. The predicted molar refractivity (Wildman–Crippen MR) is 73.7 cm³/mol. The lowest BCUT2D eigenvalue weighted by atomic mass is 10.1. The number of ether oxygens (including phenoxy) is 1. The number of aliphatic imine (C=N–C) groups is 1. The minimum atomic E-state index is -0.122. The number of aryl methyl sites for hydroxylation is 1. The van der Waals surface area contributed by atoms with Crippen LogP contribution in [0.2, 0.25) is 0 Å². The third kappa shape index (κ3) is 6.57. The largest absolute Gasteiger partial charge is 0.466 e. The van der Waals surface area contributed by atoms with Crippen molar-refractivity contribution in [3.05, 3.63) is 29.8 Å². The zero-order valence-corrected chi connectivity index (χ0v) is 11.1. The Morgan fingerprint density at radius 2 is 2.11 bits per heavy atom. The number of hydrogen-bond acceptors (Lipinski definition) is 4. The van der Waals surface area contributed by atoms with E-state index in [0.717, 1.165) is 24.9 Å². The second-order valence-corrected chi connectivity index (χ2v) is 4.07. The fourth-order valence-electron chi connectivity index (χ4n) is 1.68. The number of benzene rings is 1. The van der Waals surface area contributed by atoms with Gasteiger partial charge in [0, 0.05) is 6.42 Å². The number of nitrogens with zero attached hydrogens (tertiary/aromatic N) is 1. The van der Waals surface area contributed by atoms with E-state index >= 15 is 0 Å². The third-order valence-electron chi connectivity index (χ3n) is 2.61. The summed E-state index contributed by atoms with van der Waals surface area (Å²) in [7, 11) is 0. The van der Waals surface area contributed by atoms with E-state index in [1.807, 2.05) is 36.7 Å². The second-order valence-electron chi connectivity index (χ2n) is 4.07. The van der Waals surface area contributed by atoms with Crippen LogP contribution in [0.3, 0.4) is 0 Å². The van der Waals surface area contributed by atoms with Crippen LogP contribution in [-0.2, 0) is 16.0 Å². The molecule has 0 bridgehead atoms. The zero-order chi connectivity index (χ0) is 13.9. The van der Waals surface area contributed by atoms with Gasteiger partial charge in [0.15, 0.2) is 0 Å². The summed E-state index contributed by atoms with van der Waals surface area (Å²) in [6, 6.07) is 7.76. The summed E-state index contributed by atoms with van der Waals surface area (Å²) in [4.78, 5) is 15.1. The molecule has 19 heavy (non-hydrogen) atoms. The Morgan fingerprint density at radius 3 is 2.74 bits per heavy atom. The molecule has 2 N–H and O–H groups in total. The molecule has 0 aliphatic rings. The van der Waals surface area contributed by atoms with Crippen LogP contribution in [0.25, 0.3) is 0 Å². The molecule has 0 amide bonds. The summed E-state index contributed by atoms with van der Waals surface area (Å²) in [6.45, 7) is 2.26. The number of hydroxylamine groups is 1. The first-order chi connectivity index (χ1) is 9.26. The Bertz CT molecular complexity index is 402. The topological polar surface area (TPSA) is 70.9 Å². The van der Waals surface area contributed by atoms with Crippen LogP contribution in [-0.4, -0.2) is 24.1 Å². The monoisotopic (exact) mass is 264 g/mol. The van der Waals surface area contributed by atoms with Gasteiger partial charge in [0.05, 0.1) is 12.3 Å². The highest BCUT2D eigenvalue weighted by Crippen LogP contribution is 2.14. The lowest BCUT2D eigenvalue weighted by Gasteiger charge is -2.03. The highest BCUT2D eigenvalue weighted by atomic mass is 16.5. The number of hydrogen-bond donors (Lipinski definition) is 2. The number of nitrogens with one attached hydrogen (secondary N) is 1. The normalized spacial score (nSPS) is 10.6. The molecule has 0 atom stereocenters. The van der Waals surface area contributed by atoms with Crippen LogP contribution in [0.4, 0.5) is 5.69 Å². The number of rotatable bonds is 8. The summed E-state index contributed by atoms with van der Waals surface area (Å²) in [6.07, 6.45) is 4.43. The summed E-state index contributed by atoms with van der Waals surface area (Å²) in [5.74, 6) is -0.122. The molecule has 0 aromatic heterocycles. The van der Waals surface area contributed by atoms with E-state index in [1.54, 1.807) is 0 Å². The first kappa shape index (κ1) is 15.2. The van der Waals surface area contributed by atoms with E-state index in [-0.39, 0.29) is 5.97 Å².